The quantitative estimate of drug-likeness (QED) is 0.394. The van der Waals surface area contributed by atoms with Crippen molar-refractivity contribution >= 4 is 23.4 Å². The minimum Gasteiger partial charge on any atom is -0.479 e. The van der Waals surface area contributed by atoms with E-state index in [0.29, 0.717) is 16.3 Å². The minimum absolute atomic E-state index is 0.119. The molecule has 0 amide bonds. The molecule has 0 saturated heterocycles. The molecule has 120 valence electrons. The molecule has 0 spiro atoms. The highest BCUT2D eigenvalue weighted by Crippen LogP contribution is 2.18. The van der Waals surface area contributed by atoms with Gasteiger partial charge in [-0.05, 0) is 32.0 Å². The van der Waals surface area contributed by atoms with E-state index in [2.05, 4.69) is 5.16 Å². The summed E-state index contributed by atoms with van der Waals surface area (Å²) in [5.74, 6) is -0.0641. The van der Waals surface area contributed by atoms with Gasteiger partial charge in [-0.25, -0.2) is 4.79 Å². The van der Waals surface area contributed by atoms with E-state index in [1.807, 2.05) is 19.1 Å². The number of oxime groups is 1. The summed E-state index contributed by atoms with van der Waals surface area (Å²) in [5.41, 5.74) is 7.55. The molecule has 6 heteroatoms. The highest BCUT2D eigenvalue weighted by atomic mass is 35.5. The maximum atomic E-state index is 11.9. The van der Waals surface area contributed by atoms with Crippen LogP contribution in [0.5, 0.6) is 5.75 Å². The second-order valence-electron chi connectivity index (χ2n) is 4.97. The zero-order valence-electron chi connectivity index (χ0n) is 12.8. The molecule has 0 aromatic heterocycles. The lowest BCUT2D eigenvalue weighted by molar-refractivity contribution is -0.151. The summed E-state index contributed by atoms with van der Waals surface area (Å²) in [4.78, 5) is 16.7. The lowest BCUT2D eigenvalue weighted by atomic mass is 10.1. The van der Waals surface area contributed by atoms with Crippen molar-refractivity contribution in [2.45, 2.75) is 20.0 Å². The van der Waals surface area contributed by atoms with Crippen molar-refractivity contribution in [3.05, 3.63) is 64.7 Å². The number of hydrogen-bond acceptors (Lipinski definition) is 4. The van der Waals surface area contributed by atoms with Crippen molar-refractivity contribution in [3.8, 4) is 5.75 Å². The Morgan fingerprint density at radius 1 is 1.22 bits per heavy atom. The Kier molecular flexibility index (Phi) is 5.60. The van der Waals surface area contributed by atoms with E-state index in [0.717, 1.165) is 5.56 Å². The van der Waals surface area contributed by atoms with Gasteiger partial charge >= 0.3 is 5.97 Å². The number of rotatable bonds is 5. The summed E-state index contributed by atoms with van der Waals surface area (Å²) >= 11 is 5.85. The summed E-state index contributed by atoms with van der Waals surface area (Å²) < 4.78 is 5.44. The first kappa shape index (κ1) is 16.8. The smallest absolute Gasteiger partial charge is 0.374 e. The van der Waals surface area contributed by atoms with Crippen molar-refractivity contribution in [1.29, 1.82) is 0 Å². The number of ether oxygens (including phenoxy) is 1. The molecule has 0 aliphatic heterocycles. The molecule has 2 aromatic carbocycles. The van der Waals surface area contributed by atoms with E-state index < -0.39 is 12.1 Å². The van der Waals surface area contributed by atoms with Gasteiger partial charge in [0.1, 0.15) is 5.75 Å². The largest absolute Gasteiger partial charge is 0.479 e. The SMILES string of the molecule is Cc1ccc(/C(N)=N\OC(=O)[C@@H](C)Oc2cccc(Cl)c2)cc1. The van der Waals surface area contributed by atoms with Crippen LogP contribution in [0.3, 0.4) is 0 Å². The molecule has 0 unspecified atom stereocenters. The first-order valence-electron chi connectivity index (χ1n) is 6.99. The van der Waals surface area contributed by atoms with E-state index >= 15 is 0 Å². The summed E-state index contributed by atoms with van der Waals surface area (Å²) in [6.07, 6.45) is -0.844. The molecule has 0 heterocycles. The number of nitrogens with two attached hydrogens (primary N) is 1. The number of amidine groups is 1. The molecule has 0 aliphatic rings. The molecule has 2 rings (SSSR count). The third kappa shape index (κ3) is 5.00. The van der Waals surface area contributed by atoms with E-state index in [9.17, 15) is 4.79 Å². The Labute approximate surface area is 139 Å². The maximum Gasteiger partial charge on any atom is 0.374 e. The number of carbonyl (C=O) groups excluding carboxylic acids is 1. The van der Waals surface area contributed by atoms with Gasteiger partial charge in [-0.1, -0.05) is 52.7 Å². The molecule has 23 heavy (non-hydrogen) atoms. The monoisotopic (exact) mass is 332 g/mol. The second-order valence-corrected chi connectivity index (χ2v) is 5.41. The Balaban J connectivity index is 1.95. The minimum atomic E-state index is -0.844. The number of hydrogen-bond donors (Lipinski definition) is 1. The third-order valence-corrected chi connectivity index (χ3v) is 3.26. The van der Waals surface area contributed by atoms with Crippen LogP contribution >= 0.6 is 11.6 Å². The first-order chi connectivity index (χ1) is 11.0. The number of carbonyl (C=O) groups is 1. The number of benzene rings is 2. The highest BCUT2D eigenvalue weighted by Gasteiger charge is 2.17. The van der Waals surface area contributed by atoms with E-state index in [1.165, 1.54) is 0 Å². The van der Waals surface area contributed by atoms with Gasteiger partial charge in [-0.3, -0.25) is 0 Å². The Hall–Kier alpha value is -2.53. The molecule has 2 N–H and O–H groups in total. The topological polar surface area (TPSA) is 73.9 Å². The summed E-state index contributed by atoms with van der Waals surface area (Å²) in [6.45, 7) is 3.52. The van der Waals surface area contributed by atoms with Gasteiger partial charge < -0.3 is 15.3 Å². The van der Waals surface area contributed by atoms with Crippen molar-refractivity contribution in [1.82, 2.24) is 0 Å². The molecule has 0 saturated carbocycles. The van der Waals surface area contributed by atoms with Crippen LogP contribution in [0.25, 0.3) is 0 Å². The lowest BCUT2D eigenvalue weighted by Crippen LogP contribution is -2.26. The molecule has 2 aromatic rings. The van der Waals surface area contributed by atoms with Gasteiger partial charge in [0.05, 0.1) is 0 Å². The van der Waals surface area contributed by atoms with Gasteiger partial charge in [0.25, 0.3) is 0 Å². The van der Waals surface area contributed by atoms with Gasteiger partial charge in [0, 0.05) is 10.6 Å². The molecule has 0 radical (unpaired) electrons. The van der Waals surface area contributed by atoms with Gasteiger partial charge in [0.15, 0.2) is 11.9 Å². The van der Waals surface area contributed by atoms with Crippen molar-refractivity contribution in [2.75, 3.05) is 0 Å². The van der Waals surface area contributed by atoms with Crippen LogP contribution in [-0.4, -0.2) is 17.9 Å². The fraction of sp³-hybridized carbons (Fsp3) is 0.176. The first-order valence-corrected chi connectivity index (χ1v) is 7.37. The third-order valence-electron chi connectivity index (χ3n) is 3.02. The molecule has 0 bridgehead atoms. The van der Waals surface area contributed by atoms with Crippen LogP contribution in [0.4, 0.5) is 0 Å². The molecule has 1 atom stereocenters. The average molecular weight is 333 g/mol. The van der Waals surface area contributed by atoms with Crippen LogP contribution < -0.4 is 10.5 Å². The van der Waals surface area contributed by atoms with Crippen LogP contribution in [-0.2, 0) is 9.63 Å². The van der Waals surface area contributed by atoms with Crippen molar-refractivity contribution < 1.29 is 14.4 Å². The Morgan fingerprint density at radius 2 is 1.91 bits per heavy atom. The maximum absolute atomic E-state index is 11.9. The van der Waals surface area contributed by atoms with Crippen LogP contribution in [0.1, 0.15) is 18.1 Å². The number of halogens is 1. The van der Waals surface area contributed by atoms with Crippen molar-refractivity contribution in [2.24, 2.45) is 10.9 Å². The fourth-order valence-electron chi connectivity index (χ4n) is 1.74. The standard InChI is InChI=1S/C17H17ClN2O3/c1-11-6-8-13(9-7-11)16(19)20-23-17(21)12(2)22-15-5-3-4-14(18)10-15/h3-10,12H,1-2H3,(H2,19,20)/t12-/m1/s1. The zero-order valence-corrected chi connectivity index (χ0v) is 13.6. The molecular weight excluding hydrogens is 316 g/mol. The van der Waals surface area contributed by atoms with Crippen molar-refractivity contribution in [3.63, 3.8) is 0 Å². The van der Waals surface area contributed by atoms with E-state index in [-0.39, 0.29) is 5.84 Å². The molecule has 0 fully saturated rings. The number of nitrogens with zero attached hydrogens (tertiary/aromatic N) is 1. The summed E-state index contributed by atoms with van der Waals surface area (Å²) in [7, 11) is 0. The predicted molar refractivity (Wildman–Crippen MR) is 89.5 cm³/mol. The normalized spacial score (nSPS) is 12.6. The predicted octanol–water partition coefficient (Wildman–Crippen LogP) is 3.28. The Bertz CT molecular complexity index is 714. The number of aryl methyl sites for hydroxylation is 1. The lowest BCUT2D eigenvalue weighted by Gasteiger charge is -2.12. The van der Waals surface area contributed by atoms with Gasteiger partial charge in [0.2, 0.25) is 0 Å². The molecular formula is C17H17ClN2O3. The summed E-state index contributed by atoms with van der Waals surface area (Å²) in [5, 5.41) is 4.16. The molecule has 5 nitrogen and oxygen atoms in total. The van der Waals surface area contributed by atoms with Crippen LogP contribution in [0.2, 0.25) is 5.02 Å². The van der Waals surface area contributed by atoms with E-state index in [4.69, 9.17) is 26.9 Å². The molecule has 0 aliphatic carbocycles. The Morgan fingerprint density at radius 3 is 2.57 bits per heavy atom. The van der Waals surface area contributed by atoms with Crippen LogP contribution in [0, 0.1) is 6.92 Å². The fourth-order valence-corrected chi connectivity index (χ4v) is 1.92. The average Bonchev–Trinajstić information content (AvgIpc) is 2.53. The summed E-state index contributed by atoms with van der Waals surface area (Å²) in [6, 6.07) is 14.1. The highest BCUT2D eigenvalue weighted by molar-refractivity contribution is 6.30. The van der Waals surface area contributed by atoms with Gasteiger partial charge in [-0.2, -0.15) is 0 Å². The zero-order chi connectivity index (χ0) is 16.8. The van der Waals surface area contributed by atoms with E-state index in [1.54, 1.807) is 43.3 Å². The van der Waals surface area contributed by atoms with Crippen LogP contribution in [0.15, 0.2) is 53.7 Å². The van der Waals surface area contributed by atoms with Gasteiger partial charge in [-0.15, -0.1) is 0 Å². The second kappa shape index (κ2) is 7.65.